The van der Waals surface area contributed by atoms with Gasteiger partial charge < -0.3 is 14.2 Å². The monoisotopic (exact) mass is 393 g/mol. The van der Waals surface area contributed by atoms with E-state index >= 15 is 0 Å². The normalized spacial score (nSPS) is 20.1. The van der Waals surface area contributed by atoms with Gasteiger partial charge in [0.05, 0.1) is 6.54 Å². The maximum absolute atomic E-state index is 12.9. The van der Waals surface area contributed by atoms with E-state index in [4.69, 9.17) is 4.42 Å². The van der Waals surface area contributed by atoms with E-state index < -0.39 is 0 Å². The van der Waals surface area contributed by atoms with Crippen LogP contribution in [-0.4, -0.2) is 66.0 Å². The Morgan fingerprint density at radius 2 is 1.97 bits per heavy atom. The summed E-state index contributed by atoms with van der Waals surface area (Å²) in [5.41, 5.74) is 1.66. The number of carbonyl (C=O) groups excluding carboxylic acids is 1. The van der Waals surface area contributed by atoms with Gasteiger partial charge in [0.1, 0.15) is 6.07 Å². The lowest BCUT2D eigenvalue weighted by molar-refractivity contribution is -0.133. The van der Waals surface area contributed by atoms with Crippen LogP contribution in [0.15, 0.2) is 34.7 Å². The van der Waals surface area contributed by atoms with Crippen LogP contribution < -0.4 is 4.90 Å². The topological polar surface area (TPSA) is 76.6 Å². The molecule has 4 rings (SSSR count). The highest BCUT2D eigenvalue weighted by atomic mass is 16.4. The quantitative estimate of drug-likeness (QED) is 0.775. The molecule has 152 valence electrons. The van der Waals surface area contributed by atoms with Crippen LogP contribution in [0.1, 0.15) is 30.0 Å². The first-order valence-electron chi connectivity index (χ1n) is 10.3. The molecule has 1 aromatic carbocycles. The lowest BCUT2D eigenvalue weighted by Crippen LogP contribution is -2.52. The average molecular weight is 393 g/mol. The van der Waals surface area contributed by atoms with Crippen molar-refractivity contribution in [3.05, 3.63) is 47.5 Å². The molecular formula is C22H27N5O2. The van der Waals surface area contributed by atoms with Crippen LogP contribution in [0.2, 0.25) is 0 Å². The predicted molar refractivity (Wildman–Crippen MR) is 109 cm³/mol. The van der Waals surface area contributed by atoms with Crippen molar-refractivity contribution in [3.63, 3.8) is 0 Å². The second-order valence-electron chi connectivity index (χ2n) is 7.82. The molecule has 2 aliphatic rings. The zero-order chi connectivity index (χ0) is 20.2. The zero-order valence-corrected chi connectivity index (χ0v) is 16.9. The van der Waals surface area contributed by atoms with Gasteiger partial charge in [-0.05, 0) is 31.4 Å². The van der Waals surface area contributed by atoms with Gasteiger partial charge in [0.15, 0.2) is 5.89 Å². The number of aromatic nitrogens is 1. The summed E-state index contributed by atoms with van der Waals surface area (Å²) in [5, 5.41) is 9.22. The van der Waals surface area contributed by atoms with Crippen LogP contribution in [0.25, 0.3) is 0 Å². The predicted octanol–water partition coefficient (Wildman–Crippen LogP) is 2.21. The molecule has 0 N–H and O–H groups in total. The Kier molecular flexibility index (Phi) is 5.81. The number of anilines is 1. The molecule has 0 unspecified atom stereocenters. The fraction of sp³-hybridized carbons (Fsp3) is 0.500. The number of carbonyl (C=O) groups is 1. The van der Waals surface area contributed by atoms with Crippen LogP contribution in [-0.2, 0) is 11.2 Å². The minimum Gasteiger partial charge on any atom is -0.424 e. The number of hydrogen-bond acceptors (Lipinski definition) is 6. The van der Waals surface area contributed by atoms with E-state index in [9.17, 15) is 10.1 Å². The van der Waals surface area contributed by atoms with E-state index in [2.05, 4.69) is 40.2 Å². The number of piperazine rings is 1. The Bertz CT molecular complexity index is 880. The molecule has 3 heterocycles. The molecule has 2 aromatic rings. The summed E-state index contributed by atoms with van der Waals surface area (Å²) in [6, 6.07) is 13.1. The van der Waals surface area contributed by atoms with E-state index in [-0.39, 0.29) is 5.91 Å². The van der Waals surface area contributed by atoms with Crippen molar-refractivity contribution < 1.29 is 9.21 Å². The minimum atomic E-state index is 0.193. The number of rotatable bonds is 5. The van der Waals surface area contributed by atoms with E-state index in [0.29, 0.717) is 56.2 Å². The van der Waals surface area contributed by atoms with Gasteiger partial charge in [-0.1, -0.05) is 30.3 Å². The van der Waals surface area contributed by atoms with Crippen molar-refractivity contribution in [2.24, 2.45) is 0 Å². The SMILES string of the molecule is Cc1nc(C#N)c(N2CCN(C(=O)CN3CCC[C@@H]3Cc3ccccc3)CC2)o1. The molecular weight excluding hydrogens is 366 g/mol. The minimum absolute atomic E-state index is 0.193. The molecule has 2 saturated heterocycles. The molecule has 7 heteroatoms. The first kappa shape index (κ1) is 19.5. The number of aryl methyl sites for hydroxylation is 1. The summed E-state index contributed by atoms with van der Waals surface area (Å²) in [7, 11) is 0. The van der Waals surface area contributed by atoms with Crippen LogP contribution in [0, 0.1) is 18.3 Å². The average Bonchev–Trinajstić information content (AvgIpc) is 3.34. The van der Waals surface area contributed by atoms with Gasteiger partial charge in [0, 0.05) is 39.1 Å². The van der Waals surface area contributed by atoms with Gasteiger partial charge in [-0.2, -0.15) is 5.26 Å². The summed E-state index contributed by atoms with van der Waals surface area (Å²) in [6.45, 7) is 5.81. The highest BCUT2D eigenvalue weighted by Gasteiger charge is 2.30. The third-order valence-electron chi connectivity index (χ3n) is 5.89. The van der Waals surface area contributed by atoms with Crippen LogP contribution in [0.3, 0.4) is 0 Å². The number of amides is 1. The van der Waals surface area contributed by atoms with Gasteiger partial charge >= 0.3 is 0 Å². The highest BCUT2D eigenvalue weighted by molar-refractivity contribution is 5.78. The molecule has 1 aromatic heterocycles. The number of nitrogens with zero attached hydrogens (tertiary/aromatic N) is 5. The third-order valence-corrected chi connectivity index (χ3v) is 5.89. The Morgan fingerprint density at radius 3 is 2.69 bits per heavy atom. The molecule has 7 nitrogen and oxygen atoms in total. The Morgan fingerprint density at radius 1 is 1.21 bits per heavy atom. The maximum atomic E-state index is 12.9. The molecule has 2 aliphatic heterocycles. The Balaban J connectivity index is 1.31. The zero-order valence-electron chi connectivity index (χ0n) is 16.9. The van der Waals surface area contributed by atoms with Crippen molar-refractivity contribution >= 4 is 11.8 Å². The van der Waals surface area contributed by atoms with Gasteiger partial charge in [0.2, 0.25) is 17.5 Å². The summed E-state index contributed by atoms with van der Waals surface area (Å²) < 4.78 is 5.60. The van der Waals surface area contributed by atoms with Crippen LogP contribution in [0.4, 0.5) is 5.88 Å². The molecule has 1 amide bonds. The largest absolute Gasteiger partial charge is 0.424 e. The fourth-order valence-electron chi connectivity index (χ4n) is 4.36. The third kappa shape index (κ3) is 4.43. The number of likely N-dealkylation sites (tertiary alicyclic amines) is 1. The first-order valence-corrected chi connectivity index (χ1v) is 10.3. The van der Waals surface area contributed by atoms with E-state index in [1.54, 1.807) is 6.92 Å². The van der Waals surface area contributed by atoms with Crippen molar-refractivity contribution in [1.82, 2.24) is 14.8 Å². The molecule has 0 spiro atoms. The standard InChI is InChI=1S/C22H27N5O2/c1-17-24-20(15-23)22(29-17)26-12-10-25(11-13-26)21(28)16-27-9-5-8-19(27)14-18-6-3-2-4-7-18/h2-4,6-7,19H,5,8-14,16H2,1H3/t19-/m1/s1. The molecule has 1 atom stereocenters. The van der Waals surface area contributed by atoms with Gasteiger partial charge in [-0.25, -0.2) is 4.98 Å². The number of oxazole rings is 1. The highest BCUT2D eigenvalue weighted by Crippen LogP contribution is 2.24. The number of nitriles is 1. The first-order chi connectivity index (χ1) is 14.1. The Labute approximate surface area is 171 Å². The van der Waals surface area contributed by atoms with Gasteiger partial charge in [0.25, 0.3) is 0 Å². The van der Waals surface area contributed by atoms with Gasteiger partial charge in [-0.3, -0.25) is 9.69 Å². The molecule has 0 aliphatic carbocycles. The lowest BCUT2D eigenvalue weighted by atomic mass is 10.0. The Hall–Kier alpha value is -2.85. The fourth-order valence-corrected chi connectivity index (χ4v) is 4.36. The van der Waals surface area contributed by atoms with E-state index in [1.165, 1.54) is 5.56 Å². The summed E-state index contributed by atoms with van der Waals surface area (Å²) in [4.78, 5) is 23.3. The smallest absolute Gasteiger partial charge is 0.236 e. The molecule has 0 saturated carbocycles. The van der Waals surface area contributed by atoms with Crippen molar-refractivity contribution in [2.75, 3.05) is 44.2 Å². The summed E-state index contributed by atoms with van der Waals surface area (Å²) >= 11 is 0. The molecule has 0 bridgehead atoms. The molecule has 29 heavy (non-hydrogen) atoms. The van der Waals surface area contributed by atoms with Crippen molar-refractivity contribution in [1.29, 1.82) is 5.26 Å². The maximum Gasteiger partial charge on any atom is 0.236 e. The summed E-state index contributed by atoms with van der Waals surface area (Å²) in [6.07, 6.45) is 3.31. The van der Waals surface area contributed by atoms with E-state index in [0.717, 1.165) is 25.8 Å². The summed E-state index contributed by atoms with van der Waals surface area (Å²) in [5.74, 6) is 1.21. The van der Waals surface area contributed by atoms with Gasteiger partial charge in [-0.15, -0.1) is 0 Å². The number of benzene rings is 1. The van der Waals surface area contributed by atoms with E-state index in [1.807, 2.05) is 15.9 Å². The molecule has 2 fully saturated rings. The van der Waals surface area contributed by atoms with Crippen molar-refractivity contribution in [2.45, 2.75) is 32.2 Å². The second kappa shape index (κ2) is 8.66. The van der Waals surface area contributed by atoms with Crippen LogP contribution >= 0.6 is 0 Å². The van der Waals surface area contributed by atoms with Crippen molar-refractivity contribution in [3.8, 4) is 6.07 Å². The lowest BCUT2D eigenvalue weighted by Gasteiger charge is -2.36. The van der Waals surface area contributed by atoms with Crippen LogP contribution in [0.5, 0.6) is 0 Å². The molecule has 0 radical (unpaired) electrons. The number of hydrogen-bond donors (Lipinski definition) is 0. The second-order valence-corrected chi connectivity index (χ2v) is 7.82.